The lowest BCUT2D eigenvalue weighted by Gasteiger charge is -2.28. The van der Waals surface area contributed by atoms with E-state index in [1.165, 1.54) is 18.7 Å². The molecule has 18 nitrogen and oxygen atoms in total. The summed E-state index contributed by atoms with van der Waals surface area (Å²) in [7, 11) is 0. The zero-order chi connectivity index (χ0) is 35.1. The normalized spacial score (nSPS) is 17.5. The van der Waals surface area contributed by atoms with Crippen LogP contribution in [0.25, 0.3) is 0 Å². The number of quaternary nitrogens is 1. The molecule has 1 aliphatic heterocycles. The molecule has 0 aliphatic carbocycles. The second-order valence-corrected chi connectivity index (χ2v) is 12.0. The molecule has 0 spiro atoms. The topological polar surface area (TPSA) is 311 Å². The molecule has 0 radical (unpaired) electrons. The van der Waals surface area contributed by atoms with Gasteiger partial charge in [-0.05, 0) is 51.9 Å². The molecule has 1 heterocycles. The number of aliphatic carboxylic acids is 1. The van der Waals surface area contributed by atoms with E-state index in [2.05, 4.69) is 32.0 Å². The molecule has 1 aliphatic rings. The molecule has 1 fully saturated rings. The van der Waals surface area contributed by atoms with Crippen LogP contribution in [0, 0.1) is 5.92 Å². The number of rotatable bonds is 19. The van der Waals surface area contributed by atoms with Crippen molar-refractivity contribution >= 4 is 47.4 Å². The van der Waals surface area contributed by atoms with E-state index in [-0.39, 0.29) is 37.7 Å². The third kappa shape index (κ3) is 13.7. The van der Waals surface area contributed by atoms with E-state index >= 15 is 0 Å². The fourth-order valence-electron chi connectivity index (χ4n) is 4.85. The summed E-state index contributed by atoms with van der Waals surface area (Å²) in [6.07, 6.45) is 1.57. The second kappa shape index (κ2) is 19.1. The summed E-state index contributed by atoms with van der Waals surface area (Å²) in [5.41, 5.74) is 19.6. The van der Waals surface area contributed by atoms with Crippen molar-refractivity contribution in [3.8, 4) is 0 Å². The van der Waals surface area contributed by atoms with Crippen LogP contribution < -0.4 is 49.2 Å². The Morgan fingerprint density at radius 2 is 1.50 bits per heavy atom. The highest BCUT2D eigenvalue weighted by atomic mass is 16.4. The van der Waals surface area contributed by atoms with Crippen molar-refractivity contribution in [1.29, 1.82) is 0 Å². The Bertz CT molecular complexity index is 1140. The van der Waals surface area contributed by atoms with Crippen LogP contribution in [0.1, 0.15) is 72.6 Å². The maximum Gasteiger partial charge on any atom is 0.338 e. The van der Waals surface area contributed by atoms with Gasteiger partial charge in [0.25, 0.3) is 5.91 Å². The Morgan fingerprint density at radius 3 is 2.07 bits per heavy atom. The van der Waals surface area contributed by atoms with E-state index in [9.17, 15) is 38.7 Å². The number of carbonyl (C=O) groups is 7. The maximum atomic E-state index is 13.2. The number of guanidine groups is 1. The van der Waals surface area contributed by atoms with Crippen LogP contribution in [0.2, 0.25) is 0 Å². The number of primary amides is 1. The first-order valence-corrected chi connectivity index (χ1v) is 15.4. The van der Waals surface area contributed by atoms with Gasteiger partial charge in [-0.15, -0.1) is 0 Å². The number of hydrogen-bond acceptors (Lipinski definition) is 7. The monoisotopic (exact) mass is 656 g/mol. The van der Waals surface area contributed by atoms with Crippen LogP contribution in [-0.2, 0) is 33.6 Å². The fourth-order valence-corrected chi connectivity index (χ4v) is 4.85. The Morgan fingerprint density at radius 1 is 0.870 bits per heavy atom. The molecule has 0 aromatic heterocycles. The number of carboxylic acids is 1. The van der Waals surface area contributed by atoms with Gasteiger partial charge in [0.05, 0.1) is 6.54 Å². The highest BCUT2D eigenvalue weighted by Crippen LogP contribution is 2.19. The molecule has 46 heavy (non-hydrogen) atoms. The molecule has 0 aromatic rings. The Hall–Kier alpha value is -4.48. The van der Waals surface area contributed by atoms with Crippen molar-refractivity contribution in [2.75, 3.05) is 13.1 Å². The van der Waals surface area contributed by atoms with Crippen molar-refractivity contribution in [3.63, 3.8) is 0 Å². The number of carbonyl (C=O) groups excluding carboxylic acids is 6. The molecule has 0 aromatic carbocycles. The highest BCUT2D eigenvalue weighted by Gasteiger charge is 2.38. The minimum absolute atomic E-state index is 0.0691. The van der Waals surface area contributed by atoms with Gasteiger partial charge in [0.1, 0.15) is 30.2 Å². The molecule has 0 saturated carbocycles. The quantitative estimate of drug-likeness (QED) is 0.0356. The SMILES string of the molecule is CC(C)C[C@H](NC(=O)[C@H](C)NC(=O)[C@@H]1CCCN1C(=O)[C@H](C)NC(=O)[C@@H]([NH3+])CCC[NH+]=C(N)N)C(=O)N[C@@H](CCC(N)=O)C(=O)O. The molecule has 1 rings (SSSR count). The highest BCUT2D eigenvalue weighted by molar-refractivity contribution is 5.96. The number of likely N-dealkylation sites (tertiary alicyclic amines) is 1. The van der Waals surface area contributed by atoms with Gasteiger partial charge in [-0.2, -0.15) is 0 Å². The van der Waals surface area contributed by atoms with Gasteiger partial charge in [0.15, 0.2) is 6.04 Å². The van der Waals surface area contributed by atoms with Gasteiger partial charge in [0.2, 0.25) is 29.5 Å². The molecular formula is C28H52N10O8+2. The van der Waals surface area contributed by atoms with Gasteiger partial charge in [-0.25, -0.2) is 4.79 Å². The van der Waals surface area contributed by atoms with Crippen molar-refractivity contribution in [3.05, 3.63) is 0 Å². The number of nitrogens with two attached hydrogens (primary N) is 3. The van der Waals surface area contributed by atoms with Crippen molar-refractivity contribution in [1.82, 2.24) is 26.2 Å². The average Bonchev–Trinajstić information content (AvgIpc) is 3.45. The van der Waals surface area contributed by atoms with E-state index in [0.717, 1.165) is 0 Å². The third-order valence-electron chi connectivity index (χ3n) is 7.38. The van der Waals surface area contributed by atoms with Crippen LogP contribution in [0.4, 0.5) is 0 Å². The molecule has 260 valence electrons. The van der Waals surface area contributed by atoms with Crippen LogP contribution in [0.3, 0.4) is 0 Å². The van der Waals surface area contributed by atoms with Crippen LogP contribution in [0.5, 0.6) is 0 Å². The lowest BCUT2D eigenvalue weighted by molar-refractivity contribution is -0.463. The summed E-state index contributed by atoms with van der Waals surface area (Å²) in [5.74, 6) is -4.99. The van der Waals surface area contributed by atoms with Crippen LogP contribution in [-0.4, -0.2) is 107 Å². The Balaban J connectivity index is 2.80. The largest absolute Gasteiger partial charge is 0.480 e. The van der Waals surface area contributed by atoms with Crippen molar-refractivity contribution < 1.29 is 49.4 Å². The summed E-state index contributed by atoms with van der Waals surface area (Å²) < 4.78 is 0. The standard InChI is InChI=1S/C28H50N10O8/c1-14(2)13-19(24(42)36-18(27(45)46)9-10-21(30)39)37-22(40)15(3)34-25(43)20-8-6-12-38(20)26(44)16(4)35-23(41)17(29)7-5-11-33-28(31)32/h14-20H,5-13,29H2,1-4H3,(H2,30,39)(H,34,43)(H,35,41)(H,36,42)(H,37,40)(H,45,46)(H4,31,32,33)/p+2/t15-,16-,17-,18-,19-,20-/m0/s1. The number of carboxylic acid groups (broad SMARTS) is 1. The Labute approximate surface area is 268 Å². The molecule has 0 unspecified atom stereocenters. The van der Waals surface area contributed by atoms with E-state index < -0.39 is 77.7 Å². The average molecular weight is 657 g/mol. The lowest BCUT2D eigenvalue weighted by atomic mass is 10.0. The van der Waals surface area contributed by atoms with Gasteiger partial charge in [0, 0.05) is 19.4 Å². The lowest BCUT2D eigenvalue weighted by Crippen LogP contribution is -2.78. The minimum Gasteiger partial charge on any atom is -0.480 e. The zero-order valence-corrected chi connectivity index (χ0v) is 27.1. The first-order chi connectivity index (χ1) is 21.4. The Kier molecular flexibility index (Phi) is 16.4. The van der Waals surface area contributed by atoms with E-state index in [4.69, 9.17) is 17.2 Å². The predicted molar refractivity (Wildman–Crippen MR) is 164 cm³/mol. The molecule has 0 bridgehead atoms. The summed E-state index contributed by atoms with van der Waals surface area (Å²) in [5, 5.41) is 19.5. The van der Waals surface area contributed by atoms with Gasteiger partial charge < -0.3 is 42.7 Å². The van der Waals surface area contributed by atoms with Gasteiger partial charge in [-0.3, -0.25) is 45.2 Å². The zero-order valence-electron chi connectivity index (χ0n) is 27.1. The first kappa shape index (κ1) is 39.5. The number of nitrogens with one attached hydrogen (secondary N) is 5. The van der Waals surface area contributed by atoms with Gasteiger partial charge in [-0.1, -0.05) is 13.8 Å². The summed E-state index contributed by atoms with van der Waals surface area (Å²) in [4.78, 5) is 91.7. The molecule has 6 amide bonds. The minimum atomic E-state index is -1.39. The van der Waals surface area contributed by atoms with Gasteiger partial charge >= 0.3 is 11.9 Å². The number of amides is 6. The predicted octanol–water partition coefficient (Wildman–Crippen LogP) is -5.90. The van der Waals surface area contributed by atoms with Crippen LogP contribution >= 0.6 is 0 Å². The van der Waals surface area contributed by atoms with Crippen molar-refractivity contribution in [2.45, 2.75) is 109 Å². The maximum absolute atomic E-state index is 13.2. The van der Waals surface area contributed by atoms with Crippen LogP contribution in [0.15, 0.2) is 0 Å². The molecule has 6 atom stereocenters. The van der Waals surface area contributed by atoms with E-state index in [0.29, 0.717) is 32.2 Å². The number of hydrogen-bond donors (Lipinski definition) is 10. The molecular weight excluding hydrogens is 604 g/mol. The molecule has 15 N–H and O–H groups in total. The fraction of sp³-hybridized carbons (Fsp3) is 0.714. The summed E-state index contributed by atoms with van der Waals surface area (Å²) >= 11 is 0. The smallest absolute Gasteiger partial charge is 0.338 e. The molecule has 18 heteroatoms. The third-order valence-corrected chi connectivity index (χ3v) is 7.38. The summed E-state index contributed by atoms with van der Waals surface area (Å²) in [6, 6.07) is -6.05. The second-order valence-electron chi connectivity index (χ2n) is 12.0. The summed E-state index contributed by atoms with van der Waals surface area (Å²) in [6.45, 7) is 7.30. The number of nitrogens with zero attached hydrogens (tertiary/aromatic N) is 1. The van der Waals surface area contributed by atoms with Crippen molar-refractivity contribution in [2.24, 2.45) is 23.1 Å². The molecule has 1 saturated heterocycles. The first-order valence-electron chi connectivity index (χ1n) is 15.4. The van der Waals surface area contributed by atoms with E-state index in [1.807, 2.05) is 13.8 Å². The van der Waals surface area contributed by atoms with E-state index in [1.54, 1.807) is 0 Å².